The highest BCUT2D eigenvalue weighted by Gasteiger charge is 2.29. The van der Waals surface area contributed by atoms with E-state index < -0.39 is 9.05 Å². The van der Waals surface area contributed by atoms with Crippen LogP contribution < -0.4 is 0 Å². The second-order valence-electron chi connectivity index (χ2n) is 5.91. The molecule has 1 aromatic carbocycles. The summed E-state index contributed by atoms with van der Waals surface area (Å²) in [4.78, 5) is 0. The molecule has 1 rings (SSSR count). The average molecular weight is 339 g/mol. The molecule has 0 radical (unpaired) electrons. The zero-order chi connectivity index (χ0) is 15.4. The third kappa shape index (κ3) is 6.93. The minimum Gasteiger partial charge on any atom is -0.376 e. The van der Waals surface area contributed by atoms with Gasteiger partial charge in [-0.05, 0) is 23.1 Å². The van der Waals surface area contributed by atoms with Gasteiger partial charge in [0, 0.05) is 21.6 Å². The summed E-state index contributed by atoms with van der Waals surface area (Å²) in [5, 5.41) is 0.654. The molecule has 0 aliphatic carbocycles. The van der Waals surface area contributed by atoms with Crippen molar-refractivity contribution in [2.24, 2.45) is 11.3 Å². The lowest BCUT2D eigenvalue weighted by atomic mass is 9.82. The number of hydrogen-bond donors (Lipinski definition) is 0. The van der Waals surface area contributed by atoms with Crippen molar-refractivity contribution in [2.75, 3.05) is 12.4 Å². The normalized spacial score (nSPS) is 14.2. The fourth-order valence-electron chi connectivity index (χ4n) is 1.73. The van der Waals surface area contributed by atoms with Crippen LogP contribution >= 0.6 is 22.3 Å². The molecule has 0 bridgehead atoms. The Morgan fingerprint density at radius 3 is 2.45 bits per heavy atom. The molecule has 6 heteroatoms. The van der Waals surface area contributed by atoms with Gasteiger partial charge in [0.1, 0.15) is 0 Å². The molecule has 0 N–H and O–H groups in total. The first kappa shape index (κ1) is 17.8. The molecule has 3 nitrogen and oxygen atoms in total. The molecule has 1 atom stereocenters. The number of rotatable bonds is 6. The molecule has 0 spiro atoms. The molecule has 0 fully saturated rings. The molecule has 0 amide bonds. The van der Waals surface area contributed by atoms with Crippen LogP contribution in [-0.4, -0.2) is 20.8 Å². The van der Waals surface area contributed by atoms with Crippen LogP contribution in [0.1, 0.15) is 26.3 Å². The summed E-state index contributed by atoms with van der Waals surface area (Å²) in [5.74, 6) is -0.252. The Morgan fingerprint density at radius 1 is 1.30 bits per heavy atom. The highest BCUT2D eigenvalue weighted by molar-refractivity contribution is 8.13. The maximum absolute atomic E-state index is 11.3. The SMILES string of the molecule is CC(C)(C)C(COCc1cccc(Cl)c1)CS(=O)(=O)Cl. The largest absolute Gasteiger partial charge is 0.376 e. The van der Waals surface area contributed by atoms with Gasteiger partial charge < -0.3 is 4.74 Å². The summed E-state index contributed by atoms with van der Waals surface area (Å²) in [5.41, 5.74) is 0.759. The molecule has 1 aromatic rings. The van der Waals surface area contributed by atoms with Crippen molar-refractivity contribution in [3.63, 3.8) is 0 Å². The number of benzene rings is 1. The van der Waals surface area contributed by atoms with Crippen LogP contribution in [0.3, 0.4) is 0 Å². The van der Waals surface area contributed by atoms with Crippen LogP contribution in [0.2, 0.25) is 5.02 Å². The summed E-state index contributed by atoms with van der Waals surface area (Å²) in [6, 6.07) is 7.39. The standard InChI is InChI=1S/C14H20Cl2O3S/c1-14(2,3)12(10-20(16,17)18)9-19-8-11-5-4-6-13(15)7-11/h4-7,12H,8-10H2,1-3H3. The van der Waals surface area contributed by atoms with Crippen LogP contribution in [0.25, 0.3) is 0 Å². The topological polar surface area (TPSA) is 43.4 Å². The maximum atomic E-state index is 11.3. The van der Waals surface area contributed by atoms with Gasteiger partial charge in [0.05, 0.1) is 19.0 Å². The highest BCUT2D eigenvalue weighted by Crippen LogP contribution is 2.28. The van der Waals surface area contributed by atoms with Crippen LogP contribution in [0.5, 0.6) is 0 Å². The first-order chi connectivity index (χ1) is 9.08. The number of ether oxygens (including phenoxy) is 1. The molecule has 0 saturated carbocycles. The lowest BCUT2D eigenvalue weighted by Gasteiger charge is -2.29. The van der Waals surface area contributed by atoms with E-state index in [1.807, 2.05) is 39.0 Å². The van der Waals surface area contributed by atoms with Gasteiger partial charge in [-0.2, -0.15) is 0 Å². The van der Waals surface area contributed by atoms with Gasteiger partial charge in [0.2, 0.25) is 9.05 Å². The fourth-order valence-corrected chi connectivity index (χ4v) is 3.48. The van der Waals surface area contributed by atoms with Gasteiger partial charge in [0.25, 0.3) is 0 Å². The maximum Gasteiger partial charge on any atom is 0.232 e. The molecule has 0 aromatic heterocycles. The Hall–Kier alpha value is -0.290. The molecule has 114 valence electrons. The Labute approximate surface area is 130 Å². The summed E-state index contributed by atoms with van der Waals surface area (Å²) in [7, 11) is 1.81. The third-order valence-corrected chi connectivity index (χ3v) is 4.52. The van der Waals surface area contributed by atoms with Gasteiger partial charge in [-0.1, -0.05) is 44.5 Å². The van der Waals surface area contributed by atoms with Crippen molar-refractivity contribution >= 4 is 31.3 Å². The molecule has 0 saturated heterocycles. The van der Waals surface area contributed by atoms with E-state index in [-0.39, 0.29) is 17.1 Å². The van der Waals surface area contributed by atoms with Crippen LogP contribution in [-0.2, 0) is 20.4 Å². The van der Waals surface area contributed by atoms with E-state index in [0.29, 0.717) is 18.2 Å². The van der Waals surface area contributed by atoms with E-state index in [1.165, 1.54) is 0 Å². The Morgan fingerprint density at radius 2 is 1.95 bits per heavy atom. The molecule has 0 aliphatic rings. The predicted molar refractivity (Wildman–Crippen MR) is 83.7 cm³/mol. The highest BCUT2D eigenvalue weighted by atomic mass is 35.7. The van der Waals surface area contributed by atoms with Crippen molar-refractivity contribution < 1.29 is 13.2 Å². The predicted octanol–water partition coefficient (Wildman–Crippen LogP) is 4.09. The summed E-state index contributed by atoms with van der Waals surface area (Å²) in [6.45, 7) is 6.66. The lowest BCUT2D eigenvalue weighted by molar-refractivity contribution is 0.0553. The summed E-state index contributed by atoms with van der Waals surface area (Å²) < 4.78 is 28.1. The zero-order valence-electron chi connectivity index (χ0n) is 11.9. The molecular formula is C14H20Cl2O3S. The van der Waals surface area contributed by atoms with Gasteiger partial charge in [-0.3, -0.25) is 0 Å². The van der Waals surface area contributed by atoms with Gasteiger partial charge in [-0.25, -0.2) is 8.42 Å². The minimum absolute atomic E-state index is 0.0897. The van der Waals surface area contributed by atoms with E-state index in [1.54, 1.807) is 6.07 Å². The van der Waals surface area contributed by atoms with E-state index in [2.05, 4.69) is 0 Å². The summed E-state index contributed by atoms with van der Waals surface area (Å²) >= 11 is 5.89. The van der Waals surface area contributed by atoms with E-state index in [9.17, 15) is 8.42 Å². The second-order valence-corrected chi connectivity index (χ2v) is 9.17. The van der Waals surface area contributed by atoms with E-state index in [4.69, 9.17) is 27.0 Å². The molecule has 0 heterocycles. The van der Waals surface area contributed by atoms with Crippen molar-refractivity contribution in [3.05, 3.63) is 34.9 Å². The third-order valence-electron chi connectivity index (χ3n) is 3.10. The van der Waals surface area contributed by atoms with Crippen molar-refractivity contribution in [1.29, 1.82) is 0 Å². The Bertz CT molecular complexity index is 536. The molecule has 1 unspecified atom stereocenters. The van der Waals surface area contributed by atoms with Crippen molar-refractivity contribution in [1.82, 2.24) is 0 Å². The van der Waals surface area contributed by atoms with Crippen LogP contribution in [0.4, 0.5) is 0 Å². The minimum atomic E-state index is -3.54. The van der Waals surface area contributed by atoms with E-state index >= 15 is 0 Å². The smallest absolute Gasteiger partial charge is 0.232 e. The van der Waals surface area contributed by atoms with Crippen LogP contribution in [0, 0.1) is 11.3 Å². The van der Waals surface area contributed by atoms with Gasteiger partial charge >= 0.3 is 0 Å². The van der Waals surface area contributed by atoms with Gasteiger partial charge in [-0.15, -0.1) is 0 Å². The first-order valence-corrected chi connectivity index (χ1v) is 9.18. The Kier molecular flexibility index (Phi) is 6.32. The number of hydrogen-bond acceptors (Lipinski definition) is 3. The monoisotopic (exact) mass is 338 g/mol. The van der Waals surface area contributed by atoms with Crippen molar-refractivity contribution in [2.45, 2.75) is 27.4 Å². The molecule has 20 heavy (non-hydrogen) atoms. The molecule has 0 aliphatic heterocycles. The van der Waals surface area contributed by atoms with Gasteiger partial charge in [0.15, 0.2) is 0 Å². The first-order valence-electron chi connectivity index (χ1n) is 6.32. The molecular weight excluding hydrogens is 319 g/mol. The fraction of sp³-hybridized carbons (Fsp3) is 0.571. The Balaban J connectivity index is 2.59. The average Bonchev–Trinajstić information content (AvgIpc) is 2.25. The van der Waals surface area contributed by atoms with Crippen molar-refractivity contribution in [3.8, 4) is 0 Å². The number of halogens is 2. The lowest BCUT2D eigenvalue weighted by Crippen LogP contribution is -2.30. The van der Waals surface area contributed by atoms with Crippen LogP contribution in [0.15, 0.2) is 24.3 Å². The van der Waals surface area contributed by atoms with E-state index in [0.717, 1.165) is 5.56 Å². The zero-order valence-corrected chi connectivity index (χ0v) is 14.2. The second kappa shape index (κ2) is 7.12. The summed E-state index contributed by atoms with van der Waals surface area (Å²) in [6.07, 6.45) is 0. The quantitative estimate of drug-likeness (QED) is 0.733.